The fourth-order valence-corrected chi connectivity index (χ4v) is 0.578. The topological polar surface area (TPSA) is 93.5 Å². The number of furan rings is 1. The molecule has 5 nitrogen and oxygen atoms in total. The monoisotopic (exact) mass is 155 g/mol. The normalized spacial score (nSPS) is 9.45. The summed E-state index contributed by atoms with van der Waals surface area (Å²) >= 11 is 0. The van der Waals surface area contributed by atoms with Crippen LogP contribution in [0.3, 0.4) is 0 Å². The van der Waals surface area contributed by atoms with E-state index in [2.05, 4.69) is 4.42 Å². The number of hydrogen-bond acceptors (Lipinski definition) is 3. The van der Waals surface area contributed by atoms with Gasteiger partial charge in [0.25, 0.3) is 5.91 Å². The Kier molecular flexibility index (Phi) is 1.63. The Balaban J connectivity index is 2.99. The number of carbonyl (C=O) groups is 2. The quantitative estimate of drug-likeness (QED) is 0.632. The molecule has 0 aliphatic carbocycles. The minimum absolute atomic E-state index is 0.0578. The average molecular weight is 155 g/mol. The van der Waals surface area contributed by atoms with Gasteiger partial charge in [-0.25, -0.2) is 4.79 Å². The molecule has 1 aromatic heterocycles. The fraction of sp³-hybridized carbons (Fsp3) is 0. The number of carbonyl (C=O) groups excluding carboxylic acids is 1. The lowest BCUT2D eigenvalue weighted by molar-refractivity contribution is 0.0662. The molecule has 58 valence electrons. The lowest BCUT2D eigenvalue weighted by Gasteiger charge is -1.81. The Bertz CT molecular complexity index is 273. The Morgan fingerprint density at radius 1 is 1.55 bits per heavy atom. The maximum Gasteiger partial charge on any atom is 0.371 e. The molecule has 1 heterocycles. The third-order valence-electron chi connectivity index (χ3n) is 1.09. The van der Waals surface area contributed by atoms with Gasteiger partial charge in [0.15, 0.2) is 0 Å². The first-order valence-corrected chi connectivity index (χ1v) is 2.73. The van der Waals surface area contributed by atoms with Gasteiger partial charge in [0.05, 0.1) is 5.56 Å². The average Bonchev–Trinajstić information content (AvgIpc) is 2.33. The molecule has 0 saturated carbocycles. The van der Waals surface area contributed by atoms with E-state index in [4.69, 9.17) is 10.8 Å². The Morgan fingerprint density at radius 2 is 2.18 bits per heavy atom. The van der Waals surface area contributed by atoms with E-state index in [1.165, 1.54) is 0 Å². The summed E-state index contributed by atoms with van der Waals surface area (Å²) in [5, 5.41) is 8.33. The van der Waals surface area contributed by atoms with Gasteiger partial charge in [0, 0.05) is 6.07 Å². The molecule has 1 aromatic rings. The van der Waals surface area contributed by atoms with Crippen molar-refractivity contribution in [1.82, 2.24) is 0 Å². The summed E-state index contributed by atoms with van der Waals surface area (Å²) < 4.78 is 4.49. The first kappa shape index (κ1) is 7.33. The van der Waals surface area contributed by atoms with E-state index < -0.39 is 11.9 Å². The summed E-state index contributed by atoms with van der Waals surface area (Å²) in [5.74, 6) is -2.22. The molecular weight excluding hydrogens is 150 g/mol. The van der Waals surface area contributed by atoms with Crippen molar-refractivity contribution in [1.29, 1.82) is 0 Å². The Hall–Kier alpha value is -1.78. The molecule has 0 unspecified atom stereocenters. The van der Waals surface area contributed by atoms with E-state index in [1.807, 2.05) is 0 Å². The van der Waals surface area contributed by atoms with E-state index in [9.17, 15) is 9.59 Å². The van der Waals surface area contributed by atoms with Crippen LogP contribution in [0.2, 0.25) is 0 Å². The number of amides is 1. The zero-order valence-corrected chi connectivity index (χ0v) is 5.40. The van der Waals surface area contributed by atoms with Gasteiger partial charge in [-0.3, -0.25) is 4.79 Å². The van der Waals surface area contributed by atoms with Gasteiger partial charge in [-0.15, -0.1) is 0 Å². The molecule has 0 bridgehead atoms. The standard InChI is InChI=1S/C6H5NO4/c7-5(8)3-1-4(6(9)10)11-2-3/h1-2H,(H2,7,8)(H,9,10). The van der Waals surface area contributed by atoms with Crippen LogP contribution in [-0.4, -0.2) is 17.0 Å². The zero-order valence-electron chi connectivity index (χ0n) is 5.40. The Labute approximate surface area is 61.4 Å². The van der Waals surface area contributed by atoms with E-state index in [-0.39, 0.29) is 11.3 Å². The van der Waals surface area contributed by atoms with Crippen molar-refractivity contribution in [3.05, 3.63) is 23.7 Å². The minimum Gasteiger partial charge on any atom is -0.475 e. The maximum absolute atomic E-state index is 10.4. The smallest absolute Gasteiger partial charge is 0.371 e. The van der Waals surface area contributed by atoms with Crippen molar-refractivity contribution < 1.29 is 19.1 Å². The van der Waals surface area contributed by atoms with Crippen molar-refractivity contribution in [2.24, 2.45) is 5.73 Å². The lowest BCUT2D eigenvalue weighted by atomic mass is 10.3. The third kappa shape index (κ3) is 1.37. The second-order valence-corrected chi connectivity index (χ2v) is 1.87. The fourth-order valence-electron chi connectivity index (χ4n) is 0.578. The summed E-state index contributed by atoms with van der Waals surface area (Å²) in [6, 6.07) is 1.07. The summed E-state index contributed by atoms with van der Waals surface area (Å²) in [5.41, 5.74) is 4.89. The maximum atomic E-state index is 10.4. The van der Waals surface area contributed by atoms with Crippen molar-refractivity contribution in [3.63, 3.8) is 0 Å². The predicted molar refractivity (Wildman–Crippen MR) is 34.2 cm³/mol. The second-order valence-electron chi connectivity index (χ2n) is 1.87. The number of nitrogens with two attached hydrogens (primary N) is 1. The van der Waals surface area contributed by atoms with Crippen LogP contribution in [0.25, 0.3) is 0 Å². The first-order chi connectivity index (χ1) is 5.11. The Morgan fingerprint density at radius 3 is 2.45 bits per heavy atom. The van der Waals surface area contributed by atoms with Crippen molar-refractivity contribution >= 4 is 11.9 Å². The van der Waals surface area contributed by atoms with Gasteiger partial charge >= 0.3 is 5.97 Å². The molecule has 0 saturated heterocycles. The van der Waals surface area contributed by atoms with Crippen LogP contribution in [0.1, 0.15) is 20.9 Å². The predicted octanol–water partition coefficient (Wildman–Crippen LogP) is 0.0767. The largest absolute Gasteiger partial charge is 0.475 e. The highest BCUT2D eigenvalue weighted by Crippen LogP contribution is 2.06. The van der Waals surface area contributed by atoms with Crippen molar-refractivity contribution in [2.45, 2.75) is 0 Å². The van der Waals surface area contributed by atoms with Gasteiger partial charge in [-0.1, -0.05) is 0 Å². The molecule has 0 radical (unpaired) electrons. The highest BCUT2D eigenvalue weighted by molar-refractivity contribution is 5.95. The van der Waals surface area contributed by atoms with Gasteiger partial charge in [-0.2, -0.15) is 0 Å². The highest BCUT2D eigenvalue weighted by Gasteiger charge is 2.11. The summed E-state index contributed by atoms with van der Waals surface area (Å²) in [6.07, 6.45) is 1.01. The van der Waals surface area contributed by atoms with Crippen LogP contribution in [0.15, 0.2) is 16.7 Å². The van der Waals surface area contributed by atoms with E-state index >= 15 is 0 Å². The number of rotatable bonds is 2. The molecule has 0 atom stereocenters. The molecule has 5 heteroatoms. The van der Waals surface area contributed by atoms with Gasteiger partial charge in [0.1, 0.15) is 6.26 Å². The van der Waals surface area contributed by atoms with Gasteiger partial charge < -0.3 is 15.3 Å². The lowest BCUT2D eigenvalue weighted by Crippen LogP contribution is -2.09. The first-order valence-electron chi connectivity index (χ1n) is 2.73. The van der Waals surface area contributed by atoms with E-state index in [0.29, 0.717) is 0 Å². The van der Waals surface area contributed by atoms with Gasteiger partial charge in [0.2, 0.25) is 5.76 Å². The molecule has 1 rings (SSSR count). The van der Waals surface area contributed by atoms with Crippen LogP contribution in [0, 0.1) is 0 Å². The number of carboxylic acids is 1. The molecular formula is C6H5NO4. The van der Waals surface area contributed by atoms with Crippen molar-refractivity contribution in [2.75, 3.05) is 0 Å². The molecule has 0 aliphatic rings. The van der Waals surface area contributed by atoms with Crippen LogP contribution < -0.4 is 5.73 Å². The SMILES string of the molecule is NC(=O)c1coc(C(=O)O)c1. The molecule has 0 spiro atoms. The van der Waals surface area contributed by atoms with E-state index in [0.717, 1.165) is 12.3 Å². The number of carboxylic acid groups (broad SMARTS) is 1. The second kappa shape index (κ2) is 2.45. The number of aromatic carboxylic acids is 1. The molecule has 0 fully saturated rings. The summed E-state index contributed by atoms with van der Waals surface area (Å²) in [4.78, 5) is 20.6. The van der Waals surface area contributed by atoms with Crippen LogP contribution in [-0.2, 0) is 0 Å². The minimum atomic E-state index is -1.22. The van der Waals surface area contributed by atoms with Crippen LogP contribution in [0.4, 0.5) is 0 Å². The summed E-state index contributed by atoms with van der Waals surface area (Å²) in [6.45, 7) is 0. The highest BCUT2D eigenvalue weighted by atomic mass is 16.4. The molecule has 1 amide bonds. The van der Waals surface area contributed by atoms with Crippen molar-refractivity contribution in [3.8, 4) is 0 Å². The zero-order chi connectivity index (χ0) is 8.43. The molecule has 11 heavy (non-hydrogen) atoms. The third-order valence-corrected chi connectivity index (χ3v) is 1.09. The van der Waals surface area contributed by atoms with Crippen LogP contribution >= 0.6 is 0 Å². The number of primary amides is 1. The molecule has 3 N–H and O–H groups in total. The number of hydrogen-bond donors (Lipinski definition) is 2. The molecule has 0 aliphatic heterocycles. The van der Waals surface area contributed by atoms with Crippen LogP contribution in [0.5, 0.6) is 0 Å². The van der Waals surface area contributed by atoms with Gasteiger partial charge in [-0.05, 0) is 0 Å². The van der Waals surface area contributed by atoms with E-state index in [1.54, 1.807) is 0 Å². The summed E-state index contributed by atoms with van der Waals surface area (Å²) in [7, 11) is 0. The molecule has 0 aromatic carbocycles.